The number of rotatable bonds is 5. The van der Waals surface area contributed by atoms with Gasteiger partial charge in [0.1, 0.15) is 7.63 Å². The first-order valence-electron chi connectivity index (χ1n) is 5.76. The Morgan fingerprint density at radius 3 is 2.86 bits per heavy atom. The number of hydrogen-bond acceptors (Lipinski definition) is 1. The fraction of sp³-hybridized carbons (Fsp3) is 0.462. The molecule has 0 aliphatic rings. The number of benzene rings is 1. The Morgan fingerprint density at radius 2 is 2.21 bits per heavy atom. The van der Waals surface area contributed by atoms with Gasteiger partial charge in [-0.1, -0.05) is 38.0 Å². The second kappa shape index (κ2) is 5.58. The van der Waals surface area contributed by atoms with Crippen LogP contribution in [0, 0.1) is 6.92 Å². The summed E-state index contributed by atoms with van der Waals surface area (Å²) in [6, 6.07) is 5.65. The van der Waals surface area contributed by atoms with Crippen molar-refractivity contribution in [3.05, 3.63) is 34.9 Å². The quantitative estimate of drug-likeness (QED) is 0.515. The molecule has 0 unspecified atom stereocenters. The van der Waals surface area contributed by atoms with Gasteiger partial charge in [0.2, 0.25) is 0 Å². The summed E-state index contributed by atoms with van der Waals surface area (Å²) in [6.45, 7) is 4.11. The first kappa shape index (κ1) is 9.45. The Bertz CT molecular complexity index is 344. The van der Waals surface area contributed by atoms with Crippen LogP contribution < -0.4 is 0 Å². The molecule has 76 valence electrons. The minimum Gasteiger partial charge on any atom is -0.298 e. The zero-order valence-electron chi connectivity index (χ0n) is 9.97. The summed E-state index contributed by atoms with van der Waals surface area (Å²) in [5.74, 6) is 0. The second-order valence-corrected chi connectivity index (χ2v) is 3.65. The molecule has 0 amide bonds. The van der Waals surface area contributed by atoms with Crippen molar-refractivity contribution >= 4 is 6.26 Å². The predicted molar refractivity (Wildman–Crippen MR) is 59.8 cm³/mol. The molecule has 1 aromatic rings. The fourth-order valence-corrected chi connectivity index (χ4v) is 1.63. The van der Waals surface area contributed by atoms with Crippen molar-refractivity contribution in [3.63, 3.8) is 0 Å². The van der Waals surface area contributed by atoms with E-state index in [1.807, 2.05) is 13.0 Å². The van der Waals surface area contributed by atoms with E-state index in [4.69, 9.17) is 1.37 Å². The molecule has 0 fully saturated rings. The lowest BCUT2D eigenvalue weighted by molar-refractivity contribution is 0.112. The smallest absolute Gasteiger partial charge is 0.150 e. The molecule has 1 heteroatoms. The molecule has 0 aromatic heterocycles. The molecule has 1 rings (SSSR count). The molecule has 0 atom stereocenters. The summed E-state index contributed by atoms with van der Waals surface area (Å²) >= 11 is 0. The number of hydrogen-bond donors (Lipinski definition) is 0. The predicted octanol–water partition coefficient (Wildman–Crippen LogP) is 3.54. The zero-order chi connectivity index (χ0) is 11.3. The number of aldehydes is 1. The van der Waals surface area contributed by atoms with Crippen LogP contribution in [0.25, 0.3) is 0 Å². The summed E-state index contributed by atoms with van der Waals surface area (Å²) in [7, 11) is 0. The lowest BCUT2D eigenvalue weighted by Gasteiger charge is -2.06. The third kappa shape index (κ3) is 2.69. The first-order chi connectivity index (χ1) is 7.16. The van der Waals surface area contributed by atoms with Gasteiger partial charge in [0, 0.05) is 5.56 Å². The molecule has 0 bridgehead atoms. The van der Waals surface area contributed by atoms with Gasteiger partial charge in [-0.15, -0.1) is 0 Å². The lowest BCUT2D eigenvalue weighted by atomic mass is 9.98. The molecule has 0 spiro atoms. The van der Waals surface area contributed by atoms with Crippen LogP contribution in [-0.2, 0) is 6.42 Å². The molecule has 0 saturated heterocycles. The first-order valence-corrected chi connectivity index (χ1v) is 5.26. The van der Waals surface area contributed by atoms with Gasteiger partial charge < -0.3 is 0 Å². The van der Waals surface area contributed by atoms with Crippen LogP contribution in [0.2, 0.25) is 0 Å². The molecule has 0 heterocycles. The van der Waals surface area contributed by atoms with Gasteiger partial charge in [-0.2, -0.15) is 0 Å². The highest BCUT2D eigenvalue weighted by Crippen LogP contribution is 2.15. The average molecular weight is 192 g/mol. The molecule has 0 saturated carbocycles. The van der Waals surface area contributed by atoms with Crippen LogP contribution in [0.4, 0.5) is 0 Å². The Balaban J connectivity index is 2.80. The lowest BCUT2D eigenvalue weighted by Crippen LogP contribution is -1.94. The van der Waals surface area contributed by atoms with E-state index in [0.717, 1.165) is 18.4 Å². The molecular weight excluding hydrogens is 172 g/mol. The highest BCUT2D eigenvalue weighted by molar-refractivity contribution is 5.77. The van der Waals surface area contributed by atoms with Gasteiger partial charge in [-0.3, -0.25) is 4.79 Å². The maximum Gasteiger partial charge on any atom is 0.150 e. The summed E-state index contributed by atoms with van der Waals surface area (Å²) in [4.78, 5) is 11.0. The van der Waals surface area contributed by atoms with Crippen molar-refractivity contribution in [1.29, 1.82) is 0 Å². The maximum atomic E-state index is 11.0. The molecule has 1 nitrogen and oxygen atoms in total. The largest absolute Gasteiger partial charge is 0.298 e. The van der Waals surface area contributed by atoms with E-state index < -0.39 is 6.26 Å². The minimum atomic E-state index is -0.579. The third-order valence-electron chi connectivity index (χ3n) is 2.61. The summed E-state index contributed by atoms with van der Waals surface area (Å²) < 4.78 is 7.13. The molecule has 0 radical (unpaired) electrons. The van der Waals surface area contributed by atoms with Crippen LogP contribution >= 0.6 is 0 Å². The van der Waals surface area contributed by atoms with Crippen molar-refractivity contribution < 1.29 is 6.17 Å². The van der Waals surface area contributed by atoms with Crippen LogP contribution in [0.1, 0.15) is 49.0 Å². The zero-order valence-corrected chi connectivity index (χ0v) is 8.97. The van der Waals surface area contributed by atoms with Gasteiger partial charge in [0.25, 0.3) is 0 Å². The molecule has 1 aromatic carbocycles. The van der Waals surface area contributed by atoms with E-state index in [1.165, 1.54) is 18.4 Å². The molecule has 0 N–H and O–H groups in total. The summed E-state index contributed by atoms with van der Waals surface area (Å²) in [6.07, 6.45) is 4.02. The Hall–Kier alpha value is -1.11. The Labute approximate surface area is 87.6 Å². The number of aryl methyl sites for hydroxylation is 1. The minimum absolute atomic E-state index is 0.545. The monoisotopic (exact) mass is 192 g/mol. The van der Waals surface area contributed by atoms with Gasteiger partial charge in [-0.25, -0.2) is 0 Å². The van der Waals surface area contributed by atoms with E-state index in [0.29, 0.717) is 5.56 Å². The standard InChI is InChI=1S/C13H18O/c1-3-4-5-7-12-8-6-9-13(10-14)11(12)2/h6,8-10H,3-5,7H2,1-2H3/i10T. The highest BCUT2D eigenvalue weighted by Gasteiger charge is 2.01. The summed E-state index contributed by atoms with van der Waals surface area (Å²) in [5.41, 5.74) is 2.74. The van der Waals surface area contributed by atoms with Gasteiger partial charge in [0.15, 0.2) is 0 Å². The van der Waals surface area contributed by atoms with Gasteiger partial charge in [0.05, 0.1) is 0 Å². The third-order valence-corrected chi connectivity index (χ3v) is 2.61. The van der Waals surface area contributed by atoms with Crippen molar-refractivity contribution in [3.8, 4) is 0 Å². The van der Waals surface area contributed by atoms with Crippen LogP contribution in [0.15, 0.2) is 18.2 Å². The normalized spacial score (nSPS) is 11.1. The van der Waals surface area contributed by atoms with Gasteiger partial charge >= 0.3 is 0 Å². The number of carbonyl (C=O) groups is 1. The average Bonchev–Trinajstić information content (AvgIpc) is 2.20. The van der Waals surface area contributed by atoms with Crippen molar-refractivity contribution in [2.24, 2.45) is 0 Å². The van der Waals surface area contributed by atoms with Crippen molar-refractivity contribution in [2.75, 3.05) is 0 Å². The van der Waals surface area contributed by atoms with Gasteiger partial charge in [-0.05, 0) is 30.9 Å². The second-order valence-electron chi connectivity index (χ2n) is 3.65. The molecule has 14 heavy (non-hydrogen) atoms. The number of unbranched alkanes of at least 4 members (excludes halogenated alkanes) is 2. The summed E-state index contributed by atoms with van der Waals surface area (Å²) in [5, 5.41) is 0. The van der Waals surface area contributed by atoms with Crippen molar-refractivity contribution in [1.82, 2.24) is 0 Å². The van der Waals surface area contributed by atoms with Crippen LogP contribution in [0.3, 0.4) is 0 Å². The van der Waals surface area contributed by atoms with Crippen LogP contribution in [0.5, 0.6) is 0 Å². The van der Waals surface area contributed by atoms with Crippen molar-refractivity contribution in [2.45, 2.75) is 39.5 Å². The highest BCUT2D eigenvalue weighted by atomic mass is 16.1. The van der Waals surface area contributed by atoms with E-state index in [-0.39, 0.29) is 0 Å². The van der Waals surface area contributed by atoms with E-state index in [1.54, 1.807) is 6.07 Å². The maximum absolute atomic E-state index is 11.0. The Morgan fingerprint density at radius 1 is 1.43 bits per heavy atom. The van der Waals surface area contributed by atoms with E-state index in [2.05, 4.69) is 13.0 Å². The van der Waals surface area contributed by atoms with E-state index in [9.17, 15) is 4.79 Å². The van der Waals surface area contributed by atoms with E-state index >= 15 is 0 Å². The molecular formula is C13H18O. The molecule has 0 aliphatic carbocycles. The Kier molecular flexibility index (Phi) is 3.77. The SMILES string of the molecule is [3H]C(=O)c1cccc(CCCCC)c1C. The fourth-order valence-electron chi connectivity index (χ4n) is 1.63. The van der Waals surface area contributed by atoms with Crippen LogP contribution in [-0.4, -0.2) is 6.26 Å². The molecule has 0 aliphatic heterocycles. The topological polar surface area (TPSA) is 17.1 Å². The number of carbonyl (C=O) groups excluding carboxylic acids is 1.